The van der Waals surface area contributed by atoms with Crippen molar-refractivity contribution in [3.05, 3.63) is 0 Å². The second-order valence-electron chi connectivity index (χ2n) is 5.95. The van der Waals surface area contributed by atoms with Gasteiger partial charge in [0.1, 0.15) is 6.23 Å². The highest BCUT2D eigenvalue weighted by atomic mass is 28.4. The summed E-state index contributed by atoms with van der Waals surface area (Å²) in [5.41, 5.74) is 0. The van der Waals surface area contributed by atoms with Gasteiger partial charge in [-0.15, -0.1) is 0 Å². The van der Waals surface area contributed by atoms with Crippen molar-refractivity contribution in [1.29, 1.82) is 0 Å². The maximum Gasteiger partial charge on any atom is 0.409 e. The minimum absolute atomic E-state index is 0.125. The highest BCUT2D eigenvalue weighted by molar-refractivity contribution is 6.74. The van der Waals surface area contributed by atoms with E-state index in [4.69, 9.17) is 9.53 Å². The van der Waals surface area contributed by atoms with Crippen LogP contribution in [0.1, 0.15) is 33.6 Å². The Hall–Kier alpha value is -0.553. The summed E-state index contributed by atoms with van der Waals surface area (Å²) in [7, 11) is -1.86. The maximum absolute atomic E-state index is 11.0. The van der Waals surface area contributed by atoms with Crippen LogP contribution in [0.3, 0.4) is 0 Å². The van der Waals surface area contributed by atoms with E-state index in [1.165, 1.54) is 4.90 Å². The first kappa shape index (κ1) is 13.5. The smallest absolute Gasteiger partial charge is 0.409 e. The molecule has 94 valence electrons. The molecule has 1 saturated heterocycles. The second-order valence-corrected chi connectivity index (χ2v) is 10.7. The molecule has 1 rings (SSSR count). The first-order valence-corrected chi connectivity index (χ1v) is 8.73. The molecule has 1 atom stereocenters. The van der Waals surface area contributed by atoms with Crippen molar-refractivity contribution in [3.63, 3.8) is 0 Å². The first-order valence-electron chi connectivity index (χ1n) is 5.82. The minimum atomic E-state index is -1.86. The van der Waals surface area contributed by atoms with Crippen LogP contribution in [0.4, 0.5) is 4.79 Å². The van der Waals surface area contributed by atoms with Crippen LogP contribution in [-0.2, 0) is 4.43 Å². The van der Waals surface area contributed by atoms with E-state index in [9.17, 15) is 4.79 Å². The van der Waals surface area contributed by atoms with Crippen molar-refractivity contribution >= 4 is 14.4 Å². The van der Waals surface area contributed by atoms with Gasteiger partial charge in [-0.2, -0.15) is 0 Å². The Bertz CT molecular complexity index is 273. The lowest BCUT2D eigenvalue weighted by molar-refractivity contribution is 0.0486. The van der Waals surface area contributed by atoms with Crippen molar-refractivity contribution < 1.29 is 14.3 Å². The van der Waals surface area contributed by atoms with Gasteiger partial charge < -0.3 is 9.53 Å². The Morgan fingerprint density at radius 2 is 2.00 bits per heavy atom. The van der Waals surface area contributed by atoms with E-state index in [1.54, 1.807) is 0 Å². The third kappa shape index (κ3) is 2.77. The monoisotopic (exact) mass is 245 g/mol. The van der Waals surface area contributed by atoms with Crippen molar-refractivity contribution in [2.45, 2.75) is 58.0 Å². The van der Waals surface area contributed by atoms with Gasteiger partial charge in [0.2, 0.25) is 0 Å². The van der Waals surface area contributed by atoms with Crippen LogP contribution in [-0.4, -0.2) is 37.2 Å². The van der Waals surface area contributed by atoms with Gasteiger partial charge >= 0.3 is 6.09 Å². The zero-order valence-electron chi connectivity index (χ0n) is 10.9. The van der Waals surface area contributed by atoms with Crippen LogP contribution in [0.2, 0.25) is 18.1 Å². The van der Waals surface area contributed by atoms with Crippen molar-refractivity contribution in [2.24, 2.45) is 0 Å². The summed E-state index contributed by atoms with van der Waals surface area (Å²) < 4.78 is 6.12. The summed E-state index contributed by atoms with van der Waals surface area (Å²) in [6.45, 7) is 11.4. The van der Waals surface area contributed by atoms with Crippen LogP contribution < -0.4 is 0 Å². The fourth-order valence-corrected chi connectivity index (χ4v) is 2.87. The molecule has 0 aliphatic carbocycles. The van der Waals surface area contributed by atoms with Crippen molar-refractivity contribution in [1.82, 2.24) is 4.90 Å². The van der Waals surface area contributed by atoms with E-state index in [1.807, 2.05) is 0 Å². The quantitative estimate of drug-likeness (QED) is 0.760. The number of nitrogens with zero attached hydrogens (tertiary/aromatic N) is 1. The Balaban J connectivity index is 2.70. The van der Waals surface area contributed by atoms with Crippen LogP contribution in [0.5, 0.6) is 0 Å². The highest BCUT2D eigenvalue weighted by Crippen LogP contribution is 2.38. The van der Waals surface area contributed by atoms with Gasteiger partial charge in [0.05, 0.1) is 0 Å². The molecule has 0 aromatic heterocycles. The predicted molar refractivity (Wildman–Crippen MR) is 66.0 cm³/mol. The van der Waals surface area contributed by atoms with E-state index in [0.29, 0.717) is 6.54 Å². The van der Waals surface area contributed by atoms with Gasteiger partial charge in [-0.25, -0.2) is 4.79 Å². The molecule has 0 spiro atoms. The number of hydrogen-bond donors (Lipinski definition) is 1. The maximum atomic E-state index is 11.0. The van der Waals surface area contributed by atoms with E-state index in [2.05, 4.69) is 33.9 Å². The zero-order chi connectivity index (χ0) is 12.6. The van der Waals surface area contributed by atoms with Crippen LogP contribution >= 0.6 is 0 Å². The van der Waals surface area contributed by atoms with Crippen molar-refractivity contribution in [2.75, 3.05) is 6.54 Å². The summed E-state index contributed by atoms with van der Waals surface area (Å²) in [6.07, 6.45) is 0.657. The topological polar surface area (TPSA) is 49.8 Å². The molecule has 0 aromatic rings. The molecule has 1 aliphatic rings. The summed E-state index contributed by atoms with van der Waals surface area (Å²) >= 11 is 0. The molecule has 16 heavy (non-hydrogen) atoms. The van der Waals surface area contributed by atoms with Gasteiger partial charge in [-0.1, -0.05) is 20.8 Å². The fourth-order valence-electron chi connectivity index (χ4n) is 1.59. The number of carbonyl (C=O) groups is 1. The number of hydrogen-bond acceptors (Lipinski definition) is 2. The number of carboxylic acid groups (broad SMARTS) is 1. The lowest BCUT2D eigenvalue weighted by Crippen LogP contribution is -2.48. The van der Waals surface area contributed by atoms with Gasteiger partial charge in [0.15, 0.2) is 8.32 Å². The van der Waals surface area contributed by atoms with Gasteiger partial charge in [0.25, 0.3) is 0 Å². The van der Waals surface area contributed by atoms with Crippen LogP contribution in [0, 0.1) is 0 Å². The average molecular weight is 245 g/mol. The number of amides is 1. The molecule has 1 unspecified atom stereocenters. The highest BCUT2D eigenvalue weighted by Gasteiger charge is 2.42. The van der Waals surface area contributed by atoms with E-state index < -0.39 is 14.4 Å². The lowest BCUT2D eigenvalue weighted by atomic mass is 10.2. The fraction of sp³-hybridized carbons (Fsp3) is 0.909. The third-order valence-electron chi connectivity index (χ3n) is 3.68. The molecule has 0 aromatic carbocycles. The molecule has 4 nitrogen and oxygen atoms in total. The Kier molecular flexibility index (Phi) is 3.69. The summed E-state index contributed by atoms with van der Waals surface area (Å²) in [5.74, 6) is 0. The summed E-state index contributed by atoms with van der Waals surface area (Å²) in [5, 5.41) is 9.17. The third-order valence-corrected chi connectivity index (χ3v) is 8.15. The normalized spacial score (nSPS) is 22.6. The molecular formula is C11H23NO3Si. The van der Waals surface area contributed by atoms with Crippen LogP contribution in [0.25, 0.3) is 0 Å². The minimum Gasteiger partial charge on any atom is -0.465 e. The molecule has 5 heteroatoms. The SMILES string of the molecule is CC(C)(C)[Si](C)(C)OC1CCCN1C(=O)O. The van der Waals surface area contributed by atoms with Gasteiger partial charge in [-0.3, -0.25) is 4.90 Å². The average Bonchev–Trinajstić information content (AvgIpc) is 2.49. The van der Waals surface area contributed by atoms with E-state index in [-0.39, 0.29) is 11.3 Å². The summed E-state index contributed by atoms with van der Waals surface area (Å²) in [6, 6.07) is 0. The molecule has 1 fully saturated rings. The Morgan fingerprint density at radius 1 is 1.44 bits per heavy atom. The lowest BCUT2D eigenvalue weighted by Gasteiger charge is -2.39. The predicted octanol–water partition coefficient (Wildman–Crippen LogP) is 3.11. The molecule has 0 bridgehead atoms. The molecule has 1 amide bonds. The van der Waals surface area contributed by atoms with E-state index in [0.717, 1.165) is 12.8 Å². The molecule has 1 N–H and O–H groups in total. The Labute approximate surface area is 98.7 Å². The molecule has 0 saturated carbocycles. The summed E-state index contributed by atoms with van der Waals surface area (Å²) in [4.78, 5) is 12.4. The largest absolute Gasteiger partial charge is 0.465 e. The number of likely N-dealkylation sites (tertiary alicyclic amines) is 1. The van der Waals surface area contributed by atoms with Crippen molar-refractivity contribution in [3.8, 4) is 0 Å². The zero-order valence-corrected chi connectivity index (χ0v) is 11.9. The van der Waals surface area contributed by atoms with Gasteiger partial charge in [-0.05, 0) is 31.0 Å². The number of rotatable bonds is 2. The van der Waals surface area contributed by atoms with Gasteiger partial charge in [0, 0.05) is 6.54 Å². The molecule has 0 radical (unpaired) electrons. The Morgan fingerprint density at radius 3 is 2.44 bits per heavy atom. The second kappa shape index (κ2) is 4.37. The standard InChI is InChI=1S/C11H23NO3Si/c1-11(2,3)16(4,5)15-9-7-6-8-12(9)10(13)14/h9H,6-8H2,1-5H3,(H,13,14). The molecule has 1 heterocycles. The van der Waals surface area contributed by atoms with E-state index >= 15 is 0 Å². The molecule has 1 aliphatic heterocycles. The first-order chi connectivity index (χ1) is 7.15. The molecular weight excluding hydrogens is 222 g/mol. The van der Waals surface area contributed by atoms with Crippen LogP contribution in [0.15, 0.2) is 0 Å².